The van der Waals surface area contributed by atoms with E-state index in [0.29, 0.717) is 6.54 Å². The molecular weight excluding hydrogens is 357 g/mol. The van der Waals surface area contributed by atoms with Gasteiger partial charge in [-0.15, -0.1) is 0 Å². The minimum atomic E-state index is -4.48. The molecule has 1 aliphatic rings. The van der Waals surface area contributed by atoms with Gasteiger partial charge in [0.1, 0.15) is 5.69 Å². The maximum Gasteiger partial charge on any atom is 0.433 e. The van der Waals surface area contributed by atoms with Crippen molar-refractivity contribution in [3.05, 3.63) is 53.3 Å². The normalized spacial score (nSPS) is 21.2. The van der Waals surface area contributed by atoms with Crippen LogP contribution in [0, 0.1) is 0 Å². The second kappa shape index (κ2) is 8.22. The number of alkyl halides is 3. The van der Waals surface area contributed by atoms with Crippen LogP contribution in [0.15, 0.2) is 36.5 Å². The maximum atomic E-state index is 12.7. The molecule has 27 heavy (non-hydrogen) atoms. The number of morpholine rings is 1. The molecule has 0 unspecified atom stereocenters. The molecule has 1 aliphatic heterocycles. The fraction of sp³-hybridized carbons (Fsp3) is 0.474. The maximum absolute atomic E-state index is 12.7. The van der Waals surface area contributed by atoms with E-state index in [1.54, 1.807) is 0 Å². The lowest BCUT2D eigenvalue weighted by atomic mass is 10.1. The Balaban J connectivity index is 1.55. The Bertz CT molecular complexity index is 741. The molecule has 1 aromatic heterocycles. The summed E-state index contributed by atoms with van der Waals surface area (Å²) in [4.78, 5) is 9.70. The highest BCUT2D eigenvalue weighted by atomic mass is 19.4. The second-order valence-corrected chi connectivity index (χ2v) is 6.88. The van der Waals surface area contributed by atoms with Gasteiger partial charge in [0, 0.05) is 32.4 Å². The lowest BCUT2D eigenvalue weighted by Gasteiger charge is -2.35. The summed E-state index contributed by atoms with van der Waals surface area (Å²) in [5, 5.41) is 2.84. The van der Waals surface area contributed by atoms with Gasteiger partial charge in [0.15, 0.2) is 0 Å². The van der Waals surface area contributed by atoms with Crippen molar-refractivity contribution in [3.8, 4) is 0 Å². The summed E-state index contributed by atoms with van der Waals surface area (Å²) >= 11 is 0. The van der Waals surface area contributed by atoms with Crippen LogP contribution in [-0.2, 0) is 24.0 Å². The van der Waals surface area contributed by atoms with Crippen LogP contribution in [0.25, 0.3) is 0 Å². The summed E-state index contributed by atoms with van der Waals surface area (Å²) in [6.07, 6.45) is -2.92. The molecule has 0 amide bonds. The van der Waals surface area contributed by atoms with E-state index in [1.807, 2.05) is 24.3 Å². The van der Waals surface area contributed by atoms with E-state index in [0.717, 1.165) is 37.5 Å². The lowest BCUT2D eigenvalue weighted by molar-refractivity contribution is -0.141. The molecule has 1 fully saturated rings. The standard InChI is InChI=1S/C19H23F3N4O/c1-13-10-26(11-14(2)27-13)12-16-5-3-15(4-6-16)9-24-18-23-8-7-17(25-18)19(20,21)22/h3-8,13-14H,9-12H2,1-2H3,(H,23,24,25)/t13-,14-/m1/s1. The zero-order valence-corrected chi connectivity index (χ0v) is 15.3. The number of nitrogens with one attached hydrogen (secondary N) is 1. The van der Waals surface area contributed by atoms with E-state index < -0.39 is 11.9 Å². The molecule has 2 aromatic rings. The fourth-order valence-electron chi connectivity index (χ4n) is 3.22. The molecule has 0 bridgehead atoms. The van der Waals surface area contributed by atoms with Crippen molar-refractivity contribution in [2.75, 3.05) is 18.4 Å². The predicted molar refractivity (Wildman–Crippen MR) is 96.1 cm³/mol. The molecule has 146 valence electrons. The third-order valence-corrected chi connectivity index (χ3v) is 4.32. The SMILES string of the molecule is C[C@@H]1CN(Cc2ccc(CNc3nccc(C(F)(F)F)n3)cc2)C[C@@H](C)O1. The molecule has 2 heterocycles. The smallest absolute Gasteiger partial charge is 0.373 e. The van der Waals surface area contributed by atoms with Gasteiger partial charge in [-0.1, -0.05) is 24.3 Å². The van der Waals surface area contributed by atoms with Gasteiger partial charge in [0.05, 0.1) is 12.2 Å². The first-order valence-corrected chi connectivity index (χ1v) is 8.89. The van der Waals surface area contributed by atoms with Crippen LogP contribution < -0.4 is 5.32 Å². The molecule has 0 radical (unpaired) electrons. The molecule has 1 saturated heterocycles. The molecule has 0 spiro atoms. The molecule has 0 saturated carbocycles. The highest BCUT2D eigenvalue weighted by Crippen LogP contribution is 2.27. The van der Waals surface area contributed by atoms with E-state index in [9.17, 15) is 13.2 Å². The second-order valence-electron chi connectivity index (χ2n) is 6.88. The third-order valence-electron chi connectivity index (χ3n) is 4.32. The lowest BCUT2D eigenvalue weighted by Crippen LogP contribution is -2.44. The molecule has 1 aromatic carbocycles. The van der Waals surface area contributed by atoms with Crippen molar-refractivity contribution >= 4 is 5.95 Å². The Hall–Kier alpha value is -2.19. The van der Waals surface area contributed by atoms with E-state index in [1.165, 1.54) is 5.56 Å². The molecule has 3 rings (SSSR count). The summed E-state index contributed by atoms with van der Waals surface area (Å²) < 4.78 is 43.8. The average Bonchev–Trinajstić information content (AvgIpc) is 2.60. The summed E-state index contributed by atoms with van der Waals surface area (Å²) in [7, 11) is 0. The van der Waals surface area contributed by atoms with Gasteiger partial charge >= 0.3 is 6.18 Å². The van der Waals surface area contributed by atoms with Gasteiger partial charge in [0.2, 0.25) is 5.95 Å². The minimum absolute atomic E-state index is 0.0369. The Kier molecular flexibility index (Phi) is 5.96. The van der Waals surface area contributed by atoms with Crippen LogP contribution in [0.4, 0.5) is 19.1 Å². The predicted octanol–water partition coefficient (Wildman–Crippen LogP) is 3.72. The van der Waals surface area contributed by atoms with Crippen LogP contribution in [0.1, 0.15) is 30.7 Å². The number of halogens is 3. The number of benzene rings is 1. The molecule has 2 atom stereocenters. The summed E-state index contributed by atoms with van der Waals surface area (Å²) in [5.41, 5.74) is 1.18. The minimum Gasteiger partial charge on any atom is -0.373 e. The van der Waals surface area contributed by atoms with Gasteiger partial charge in [-0.25, -0.2) is 9.97 Å². The van der Waals surface area contributed by atoms with Crippen LogP contribution in [0.5, 0.6) is 0 Å². The number of hydrogen-bond donors (Lipinski definition) is 1. The van der Waals surface area contributed by atoms with E-state index in [4.69, 9.17) is 4.74 Å². The molecule has 0 aliphatic carbocycles. The Morgan fingerprint density at radius 3 is 2.33 bits per heavy atom. The molecule has 5 nitrogen and oxygen atoms in total. The Morgan fingerprint density at radius 1 is 1.07 bits per heavy atom. The number of nitrogens with zero attached hydrogens (tertiary/aromatic N) is 3. The topological polar surface area (TPSA) is 50.3 Å². The van der Waals surface area contributed by atoms with Crippen molar-refractivity contribution < 1.29 is 17.9 Å². The van der Waals surface area contributed by atoms with Gasteiger partial charge in [0.25, 0.3) is 0 Å². The number of hydrogen-bond acceptors (Lipinski definition) is 5. The Morgan fingerprint density at radius 2 is 1.70 bits per heavy atom. The van der Waals surface area contributed by atoms with Gasteiger partial charge < -0.3 is 10.1 Å². The quantitative estimate of drug-likeness (QED) is 0.857. The first kappa shape index (κ1) is 19.6. The average molecular weight is 380 g/mol. The third kappa shape index (κ3) is 5.64. The van der Waals surface area contributed by atoms with Gasteiger partial charge in [-0.2, -0.15) is 13.2 Å². The van der Waals surface area contributed by atoms with E-state index in [-0.39, 0.29) is 18.2 Å². The Labute approximate surface area is 156 Å². The number of rotatable bonds is 5. The van der Waals surface area contributed by atoms with Crippen LogP contribution in [-0.4, -0.2) is 40.2 Å². The van der Waals surface area contributed by atoms with Gasteiger partial charge in [-0.05, 0) is 31.0 Å². The van der Waals surface area contributed by atoms with Crippen LogP contribution >= 0.6 is 0 Å². The zero-order valence-electron chi connectivity index (χ0n) is 15.3. The van der Waals surface area contributed by atoms with Crippen LogP contribution in [0.2, 0.25) is 0 Å². The van der Waals surface area contributed by atoms with Gasteiger partial charge in [-0.3, -0.25) is 4.90 Å². The van der Waals surface area contributed by atoms with Crippen molar-refractivity contribution in [2.24, 2.45) is 0 Å². The molecule has 1 N–H and O–H groups in total. The number of aromatic nitrogens is 2. The zero-order chi connectivity index (χ0) is 19.4. The van der Waals surface area contributed by atoms with Crippen molar-refractivity contribution in [2.45, 2.75) is 45.3 Å². The fourth-order valence-corrected chi connectivity index (χ4v) is 3.22. The van der Waals surface area contributed by atoms with Crippen molar-refractivity contribution in [1.82, 2.24) is 14.9 Å². The highest BCUT2D eigenvalue weighted by Gasteiger charge is 2.32. The van der Waals surface area contributed by atoms with Crippen molar-refractivity contribution in [1.29, 1.82) is 0 Å². The summed E-state index contributed by atoms with van der Waals surface area (Å²) in [6.45, 7) is 7.16. The first-order chi connectivity index (χ1) is 12.8. The van der Waals surface area contributed by atoms with Crippen LogP contribution in [0.3, 0.4) is 0 Å². The van der Waals surface area contributed by atoms with E-state index in [2.05, 4.69) is 34.0 Å². The largest absolute Gasteiger partial charge is 0.433 e. The summed E-state index contributed by atoms with van der Waals surface area (Å²) in [6, 6.07) is 8.85. The monoisotopic (exact) mass is 380 g/mol. The highest BCUT2D eigenvalue weighted by molar-refractivity contribution is 5.30. The summed E-state index contributed by atoms with van der Waals surface area (Å²) in [5.74, 6) is -0.0369. The molecule has 8 heteroatoms. The number of anilines is 1. The number of ether oxygens (including phenoxy) is 1. The van der Waals surface area contributed by atoms with E-state index >= 15 is 0 Å². The van der Waals surface area contributed by atoms with Crippen molar-refractivity contribution in [3.63, 3.8) is 0 Å². The molecular formula is C19H23F3N4O. The first-order valence-electron chi connectivity index (χ1n) is 8.89.